The minimum absolute atomic E-state index is 0.164. The fraction of sp³-hybridized carbons (Fsp3) is 0.625. The molecule has 0 aromatic heterocycles. The maximum absolute atomic E-state index is 12.9. The lowest BCUT2D eigenvalue weighted by atomic mass is 10.0. The Hall–Kier alpha value is -0.920. The normalized spacial score (nSPS) is 16.2. The average Bonchev–Trinajstić information content (AvgIpc) is 2.48. The Morgan fingerprint density at radius 2 is 1.94 bits per heavy atom. The molecule has 0 aromatic carbocycles. The molecule has 102 valence electrons. The first-order valence-corrected chi connectivity index (χ1v) is 6.94. The van der Waals surface area contributed by atoms with Gasteiger partial charge in [0.05, 0.1) is 0 Å². The third-order valence-electron chi connectivity index (χ3n) is 3.11. The topological polar surface area (TPSA) is 0 Å². The minimum atomic E-state index is -2.62. The summed E-state index contributed by atoms with van der Waals surface area (Å²) in [7, 11) is 0. The lowest BCUT2D eigenvalue weighted by Gasteiger charge is -2.09. The summed E-state index contributed by atoms with van der Waals surface area (Å²) in [4.78, 5) is 0. The summed E-state index contributed by atoms with van der Waals surface area (Å²) < 4.78 is 25.9. The van der Waals surface area contributed by atoms with Crippen LogP contribution in [0.25, 0.3) is 0 Å². The van der Waals surface area contributed by atoms with E-state index in [2.05, 4.69) is 6.92 Å². The minimum Gasteiger partial charge on any atom is -0.207 e. The van der Waals surface area contributed by atoms with Gasteiger partial charge in [-0.15, -0.1) is 0 Å². The van der Waals surface area contributed by atoms with Crippen LogP contribution in [0.5, 0.6) is 0 Å². The van der Waals surface area contributed by atoms with E-state index in [0.29, 0.717) is 0 Å². The van der Waals surface area contributed by atoms with Crippen molar-refractivity contribution in [1.82, 2.24) is 0 Å². The third-order valence-corrected chi connectivity index (χ3v) is 3.11. The lowest BCUT2D eigenvalue weighted by molar-refractivity contribution is 0.0235. The van der Waals surface area contributed by atoms with Crippen molar-refractivity contribution in [2.45, 2.75) is 64.7 Å². The van der Waals surface area contributed by atoms with Crippen molar-refractivity contribution >= 4 is 0 Å². The molecule has 0 spiro atoms. The molecule has 0 fully saturated rings. The molecule has 0 saturated carbocycles. The van der Waals surface area contributed by atoms with E-state index in [4.69, 9.17) is 0 Å². The highest BCUT2D eigenvalue weighted by Gasteiger charge is 2.21. The van der Waals surface area contributed by atoms with Crippen LogP contribution in [0.3, 0.4) is 0 Å². The smallest absolute Gasteiger partial charge is 0.207 e. The quantitative estimate of drug-likeness (QED) is 0.502. The van der Waals surface area contributed by atoms with Crippen LogP contribution in [0.2, 0.25) is 0 Å². The molecular weight excluding hydrogens is 230 g/mol. The first-order chi connectivity index (χ1) is 8.51. The molecule has 0 aromatic rings. The zero-order valence-electron chi connectivity index (χ0n) is 11.5. The van der Waals surface area contributed by atoms with Gasteiger partial charge in [-0.05, 0) is 31.8 Å². The molecule has 0 aliphatic heterocycles. The fourth-order valence-corrected chi connectivity index (χ4v) is 2.15. The van der Waals surface area contributed by atoms with Gasteiger partial charge in [-0.3, -0.25) is 0 Å². The van der Waals surface area contributed by atoms with Crippen molar-refractivity contribution in [3.05, 3.63) is 35.5 Å². The Balaban J connectivity index is 2.46. The Morgan fingerprint density at radius 1 is 1.17 bits per heavy atom. The van der Waals surface area contributed by atoms with Crippen LogP contribution in [-0.4, -0.2) is 5.92 Å². The zero-order chi connectivity index (χ0) is 13.4. The fourth-order valence-electron chi connectivity index (χ4n) is 2.15. The Labute approximate surface area is 109 Å². The molecule has 18 heavy (non-hydrogen) atoms. The van der Waals surface area contributed by atoms with E-state index < -0.39 is 5.92 Å². The molecule has 0 N–H and O–H groups in total. The molecular formula is C16H24F2. The van der Waals surface area contributed by atoms with Gasteiger partial charge in [-0.1, -0.05) is 56.1 Å². The molecule has 0 amide bonds. The van der Waals surface area contributed by atoms with Gasteiger partial charge in [0.25, 0.3) is 0 Å². The van der Waals surface area contributed by atoms with E-state index in [1.807, 2.05) is 24.3 Å². The number of allylic oxidation sites excluding steroid dienone is 6. The van der Waals surface area contributed by atoms with Crippen molar-refractivity contribution in [1.29, 1.82) is 0 Å². The van der Waals surface area contributed by atoms with Crippen LogP contribution in [0.1, 0.15) is 58.8 Å². The van der Waals surface area contributed by atoms with Gasteiger partial charge < -0.3 is 0 Å². The summed E-state index contributed by atoms with van der Waals surface area (Å²) >= 11 is 0. The molecule has 0 nitrogen and oxygen atoms in total. The van der Waals surface area contributed by atoms with Gasteiger partial charge in [0.1, 0.15) is 0 Å². The molecule has 0 saturated heterocycles. The first-order valence-electron chi connectivity index (χ1n) is 6.94. The summed E-state index contributed by atoms with van der Waals surface area (Å²) in [5, 5.41) is 0. The van der Waals surface area contributed by atoms with E-state index in [1.54, 1.807) is 0 Å². The highest BCUT2D eigenvalue weighted by Crippen LogP contribution is 2.25. The van der Waals surface area contributed by atoms with Gasteiger partial charge in [-0.2, -0.15) is 0 Å². The summed E-state index contributed by atoms with van der Waals surface area (Å²) in [6.07, 6.45) is 14.6. The van der Waals surface area contributed by atoms with Gasteiger partial charge in [0.2, 0.25) is 5.92 Å². The van der Waals surface area contributed by atoms with Gasteiger partial charge in [-0.25, -0.2) is 8.78 Å². The first kappa shape index (κ1) is 15.1. The number of rotatable bonds is 7. The summed E-state index contributed by atoms with van der Waals surface area (Å²) in [6.45, 7) is 3.18. The van der Waals surface area contributed by atoms with Crippen molar-refractivity contribution in [2.24, 2.45) is 0 Å². The van der Waals surface area contributed by atoms with Crippen LogP contribution >= 0.6 is 0 Å². The van der Waals surface area contributed by atoms with E-state index >= 15 is 0 Å². The number of hydrogen-bond donors (Lipinski definition) is 0. The Morgan fingerprint density at radius 3 is 2.61 bits per heavy atom. The number of halogens is 2. The predicted molar refractivity (Wildman–Crippen MR) is 73.9 cm³/mol. The van der Waals surface area contributed by atoms with Gasteiger partial charge in [0, 0.05) is 6.42 Å². The highest BCUT2D eigenvalue weighted by molar-refractivity contribution is 5.31. The number of unbranched alkanes of at least 4 members (excludes halogenated alkanes) is 3. The molecule has 0 radical (unpaired) electrons. The predicted octanol–water partition coefficient (Wildman–Crippen LogP) is 5.81. The number of alkyl halides is 2. The van der Waals surface area contributed by atoms with E-state index in [0.717, 1.165) is 25.3 Å². The molecule has 1 rings (SSSR count). The van der Waals surface area contributed by atoms with E-state index in [-0.39, 0.29) is 6.42 Å². The second kappa shape index (κ2) is 7.50. The Bertz CT molecular complexity index is 329. The second-order valence-corrected chi connectivity index (χ2v) is 5.23. The Kier molecular flexibility index (Phi) is 6.31. The van der Waals surface area contributed by atoms with Crippen molar-refractivity contribution in [3.63, 3.8) is 0 Å². The molecule has 0 unspecified atom stereocenters. The second-order valence-electron chi connectivity index (χ2n) is 5.23. The molecule has 0 heterocycles. The van der Waals surface area contributed by atoms with Gasteiger partial charge in [0.15, 0.2) is 0 Å². The SMILES string of the molecule is CCCCCCC1=CC=C(CC(C)(F)F)C=CC1. The van der Waals surface area contributed by atoms with Crippen LogP contribution < -0.4 is 0 Å². The molecule has 0 atom stereocenters. The van der Waals surface area contributed by atoms with Crippen LogP contribution in [0.4, 0.5) is 8.78 Å². The average molecular weight is 254 g/mol. The van der Waals surface area contributed by atoms with Crippen molar-refractivity contribution in [3.8, 4) is 0 Å². The van der Waals surface area contributed by atoms with Crippen LogP contribution in [-0.2, 0) is 0 Å². The monoisotopic (exact) mass is 254 g/mol. The van der Waals surface area contributed by atoms with Gasteiger partial charge >= 0.3 is 0 Å². The standard InChI is InChI=1S/C16H24F2/c1-3-4-5-6-8-14-9-7-10-15(12-11-14)13-16(2,17)18/h7,10-12H,3-6,8-9,13H2,1-2H3. The number of hydrogen-bond acceptors (Lipinski definition) is 0. The molecule has 2 heteroatoms. The van der Waals surface area contributed by atoms with Crippen molar-refractivity contribution < 1.29 is 8.78 Å². The maximum atomic E-state index is 12.9. The third kappa shape index (κ3) is 6.73. The largest absolute Gasteiger partial charge is 0.249 e. The summed E-state index contributed by atoms with van der Waals surface area (Å²) in [5.41, 5.74) is 2.09. The van der Waals surface area contributed by atoms with E-state index in [1.165, 1.54) is 31.3 Å². The van der Waals surface area contributed by atoms with E-state index in [9.17, 15) is 8.78 Å². The molecule has 1 aliphatic carbocycles. The lowest BCUT2D eigenvalue weighted by Crippen LogP contribution is -2.09. The molecule has 0 bridgehead atoms. The summed E-state index contributed by atoms with van der Waals surface area (Å²) in [6, 6.07) is 0. The maximum Gasteiger partial charge on any atom is 0.249 e. The van der Waals surface area contributed by atoms with Crippen LogP contribution in [0.15, 0.2) is 35.5 Å². The highest BCUT2D eigenvalue weighted by atomic mass is 19.3. The zero-order valence-corrected chi connectivity index (χ0v) is 11.5. The van der Waals surface area contributed by atoms with Crippen LogP contribution in [0, 0.1) is 0 Å². The molecule has 1 aliphatic rings. The summed E-state index contributed by atoms with van der Waals surface area (Å²) in [5.74, 6) is -2.62. The van der Waals surface area contributed by atoms with Crippen molar-refractivity contribution in [2.75, 3.05) is 0 Å².